The van der Waals surface area contributed by atoms with Crippen molar-refractivity contribution in [2.45, 2.75) is 124 Å². The monoisotopic (exact) mass is 469 g/mol. The molecule has 0 aliphatic carbocycles. The van der Waals surface area contributed by atoms with Crippen LogP contribution in [0.4, 0.5) is 5.69 Å². The van der Waals surface area contributed by atoms with Crippen LogP contribution in [0.5, 0.6) is 0 Å². The quantitative estimate of drug-likeness (QED) is 0.140. The van der Waals surface area contributed by atoms with Crippen molar-refractivity contribution in [2.75, 3.05) is 19.6 Å². The van der Waals surface area contributed by atoms with E-state index < -0.39 is 0 Å². The normalized spacial score (nSPS) is 11.6. The highest BCUT2D eigenvalue weighted by Gasteiger charge is 2.27. The maximum Gasteiger partial charge on any atom is 0.140 e. The highest BCUT2D eigenvalue weighted by Crippen LogP contribution is 2.32. The molecule has 0 amide bonds. The molecule has 0 aliphatic rings. The first-order valence-corrected chi connectivity index (χ1v) is 14.6. The van der Waals surface area contributed by atoms with Gasteiger partial charge in [-0.1, -0.05) is 127 Å². The summed E-state index contributed by atoms with van der Waals surface area (Å²) in [6, 6.07) is 15.8. The van der Waals surface area contributed by atoms with Crippen LogP contribution in [0.2, 0.25) is 0 Å². The Morgan fingerprint density at radius 2 is 0.941 bits per heavy atom. The molecule has 2 rings (SSSR count). The SMILES string of the molecule is CCCCCCCCCCCCCCCCCC[N+](CC)(CC)c1cccc2ccccc12.[OH-]. The third-order valence-corrected chi connectivity index (χ3v) is 7.93. The number of quaternary nitrogens is 1. The lowest BCUT2D eigenvalue weighted by Crippen LogP contribution is -2.49. The molecule has 0 aliphatic heterocycles. The zero-order valence-electron chi connectivity index (χ0n) is 22.9. The predicted octanol–water partition coefficient (Wildman–Crippen LogP) is 10.3. The molecule has 0 spiro atoms. The Bertz CT molecular complexity index is 731. The van der Waals surface area contributed by atoms with Crippen molar-refractivity contribution in [3.63, 3.8) is 0 Å². The van der Waals surface area contributed by atoms with Gasteiger partial charge in [0, 0.05) is 5.39 Å². The third-order valence-electron chi connectivity index (χ3n) is 7.93. The Morgan fingerprint density at radius 3 is 1.44 bits per heavy atom. The van der Waals surface area contributed by atoms with E-state index in [2.05, 4.69) is 63.2 Å². The maximum atomic E-state index is 2.38. The lowest BCUT2D eigenvalue weighted by atomic mass is 10.0. The van der Waals surface area contributed by atoms with Crippen molar-refractivity contribution in [3.8, 4) is 0 Å². The van der Waals surface area contributed by atoms with Crippen LogP contribution in [0.3, 0.4) is 0 Å². The van der Waals surface area contributed by atoms with Gasteiger partial charge in [0.25, 0.3) is 0 Å². The van der Waals surface area contributed by atoms with Gasteiger partial charge in [-0.25, -0.2) is 0 Å². The minimum atomic E-state index is 0. The van der Waals surface area contributed by atoms with Crippen LogP contribution >= 0.6 is 0 Å². The number of hydrogen-bond acceptors (Lipinski definition) is 1. The summed E-state index contributed by atoms with van der Waals surface area (Å²) in [5, 5.41) is 2.83. The molecule has 0 atom stereocenters. The van der Waals surface area contributed by atoms with Crippen LogP contribution < -0.4 is 4.48 Å². The maximum absolute atomic E-state index is 2.38. The largest absolute Gasteiger partial charge is 0.870 e. The molecule has 1 N–H and O–H groups in total. The lowest BCUT2D eigenvalue weighted by Gasteiger charge is -2.37. The van der Waals surface area contributed by atoms with Gasteiger partial charge in [-0.05, 0) is 44.2 Å². The fraction of sp³-hybridized carbons (Fsp3) is 0.688. The summed E-state index contributed by atoms with van der Waals surface area (Å²) < 4.78 is 1.12. The molecule has 2 aromatic rings. The van der Waals surface area contributed by atoms with Crippen molar-refractivity contribution in [2.24, 2.45) is 0 Å². The van der Waals surface area contributed by atoms with Crippen molar-refractivity contribution < 1.29 is 5.48 Å². The third kappa shape index (κ3) is 10.5. The molecule has 0 fully saturated rings. The van der Waals surface area contributed by atoms with Gasteiger partial charge in [-0.3, -0.25) is 4.48 Å². The van der Waals surface area contributed by atoms with Crippen LogP contribution in [0.1, 0.15) is 124 Å². The van der Waals surface area contributed by atoms with Gasteiger partial charge in [0.05, 0.1) is 19.6 Å². The summed E-state index contributed by atoms with van der Waals surface area (Å²) >= 11 is 0. The lowest BCUT2D eigenvalue weighted by molar-refractivity contribution is 0.294. The molecule has 2 aromatic carbocycles. The van der Waals surface area contributed by atoms with E-state index >= 15 is 0 Å². The smallest absolute Gasteiger partial charge is 0.140 e. The zero-order valence-corrected chi connectivity index (χ0v) is 22.9. The minimum absolute atomic E-state index is 0. The van der Waals surface area contributed by atoms with Crippen LogP contribution in [0.15, 0.2) is 42.5 Å². The van der Waals surface area contributed by atoms with E-state index in [-0.39, 0.29) is 5.48 Å². The number of unbranched alkanes of at least 4 members (excludes halogenated alkanes) is 15. The molecule has 0 bridgehead atoms. The van der Waals surface area contributed by atoms with E-state index in [1.807, 2.05) is 0 Å². The fourth-order valence-electron chi connectivity index (χ4n) is 5.59. The molecule has 0 heterocycles. The number of benzene rings is 2. The molecule has 0 unspecified atom stereocenters. The molecule has 0 saturated carbocycles. The second kappa shape index (κ2) is 18.9. The van der Waals surface area contributed by atoms with Gasteiger partial charge in [0.1, 0.15) is 5.69 Å². The molecule has 2 nitrogen and oxygen atoms in total. The Kier molecular flexibility index (Phi) is 17.0. The number of rotatable bonds is 20. The summed E-state index contributed by atoms with van der Waals surface area (Å²) in [6.45, 7) is 10.7. The van der Waals surface area contributed by atoms with E-state index in [0.29, 0.717) is 0 Å². The van der Waals surface area contributed by atoms with Crippen LogP contribution in [0.25, 0.3) is 10.8 Å². The number of hydrogen-bond donors (Lipinski definition) is 0. The molecule has 0 saturated heterocycles. The van der Waals surface area contributed by atoms with Crippen LogP contribution in [-0.4, -0.2) is 25.1 Å². The van der Waals surface area contributed by atoms with Gasteiger partial charge in [0.2, 0.25) is 0 Å². The van der Waals surface area contributed by atoms with Gasteiger partial charge in [-0.15, -0.1) is 0 Å². The van der Waals surface area contributed by atoms with E-state index in [4.69, 9.17) is 0 Å². The van der Waals surface area contributed by atoms with Gasteiger partial charge < -0.3 is 5.48 Å². The molecular weight excluding hydrogens is 414 g/mol. The zero-order chi connectivity index (χ0) is 23.6. The molecule has 34 heavy (non-hydrogen) atoms. The summed E-state index contributed by atoms with van der Waals surface area (Å²) in [7, 11) is 0. The highest BCUT2D eigenvalue weighted by atomic mass is 16.0. The average Bonchev–Trinajstić information content (AvgIpc) is 2.86. The standard InChI is InChI=1S/C32H54N.H2O/c1-4-7-8-9-10-11-12-13-14-15-16-17-18-19-20-23-29-33(5-2,6-3)32-28-24-26-30-25-21-22-27-31(30)32;/h21-22,24-28H,4-20,23,29H2,1-3H3;1H2/q+1;/p-1. The van der Waals surface area contributed by atoms with Crippen LogP contribution in [-0.2, 0) is 0 Å². The van der Waals surface area contributed by atoms with Crippen LogP contribution in [0, 0.1) is 0 Å². The first kappa shape index (κ1) is 30.7. The van der Waals surface area contributed by atoms with Crippen molar-refractivity contribution in [1.29, 1.82) is 0 Å². The highest BCUT2D eigenvalue weighted by molar-refractivity contribution is 5.93. The van der Waals surface area contributed by atoms with Gasteiger partial charge >= 0.3 is 0 Å². The molecular formula is C32H55NO. The summed E-state index contributed by atoms with van der Waals surface area (Å²) in [5.74, 6) is 0. The Labute approximate surface area is 212 Å². The predicted molar refractivity (Wildman–Crippen MR) is 153 cm³/mol. The van der Waals surface area contributed by atoms with Crippen molar-refractivity contribution in [1.82, 2.24) is 4.48 Å². The average molecular weight is 470 g/mol. The van der Waals surface area contributed by atoms with Gasteiger partial charge in [0.15, 0.2) is 0 Å². The Balaban J connectivity index is 0.00000578. The Morgan fingerprint density at radius 1 is 0.500 bits per heavy atom. The first-order valence-electron chi connectivity index (χ1n) is 14.6. The number of nitrogens with zero attached hydrogens (tertiary/aromatic N) is 1. The summed E-state index contributed by atoms with van der Waals surface area (Å²) in [6.07, 6.45) is 23.0. The molecule has 0 radical (unpaired) electrons. The van der Waals surface area contributed by atoms with E-state index in [0.717, 1.165) is 4.48 Å². The summed E-state index contributed by atoms with van der Waals surface area (Å²) in [5.41, 5.74) is 1.53. The van der Waals surface area contributed by atoms with Gasteiger partial charge in [-0.2, -0.15) is 0 Å². The van der Waals surface area contributed by atoms with E-state index in [1.54, 1.807) is 0 Å². The fourth-order valence-corrected chi connectivity index (χ4v) is 5.59. The summed E-state index contributed by atoms with van der Waals surface area (Å²) in [4.78, 5) is 0. The van der Waals surface area contributed by atoms with E-state index in [1.165, 1.54) is 139 Å². The molecule has 0 aromatic heterocycles. The number of fused-ring (bicyclic) bond motifs is 1. The molecule has 194 valence electrons. The topological polar surface area (TPSA) is 30.0 Å². The molecule has 2 heteroatoms. The van der Waals surface area contributed by atoms with E-state index in [9.17, 15) is 0 Å². The second-order valence-electron chi connectivity index (χ2n) is 10.3. The second-order valence-corrected chi connectivity index (χ2v) is 10.3. The Hall–Kier alpha value is -1.38. The van der Waals surface area contributed by atoms with Crippen molar-refractivity contribution >= 4 is 16.5 Å². The first-order chi connectivity index (χ1) is 16.3. The minimum Gasteiger partial charge on any atom is -0.870 e. The van der Waals surface area contributed by atoms with Crippen molar-refractivity contribution in [3.05, 3.63) is 42.5 Å².